The lowest BCUT2D eigenvalue weighted by Gasteiger charge is -2.39. The minimum absolute atomic E-state index is 0.0192. The van der Waals surface area contributed by atoms with E-state index in [9.17, 15) is 9.18 Å². The summed E-state index contributed by atoms with van der Waals surface area (Å²) in [5, 5.41) is 0. The molecule has 0 bridgehead atoms. The van der Waals surface area contributed by atoms with Crippen molar-refractivity contribution in [2.24, 2.45) is 5.92 Å². The Hall–Kier alpha value is -3.23. The molecule has 1 atom stereocenters. The summed E-state index contributed by atoms with van der Waals surface area (Å²) in [5.41, 5.74) is 3.76. The number of rotatable bonds is 5. The van der Waals surface area contributed by atoms with Crippen LogP contribution in [0.4, 0.5) is 10.1 Å². The summed E-state index contributed by atoms with van der Waals surface area (Å²) in [6.07, 6.45) is 1.90. The summed E-state index contributed by atoms with van der Waals surface area (Å²) >= 11 is 3.54. The van der Waals surface area contributed by atoms with Gasteiger partial charge in [-0.1, -0.05) is 40.2 Å². The Kier molecular flexibility index (Phi) is 7.17. The number of likely N-dealkylation sites (tertiary alicyclic amines) is 1. The van der Waals surface area contributed by atoms with E-state index in [2.05, 4.69) is 61.8 Å². The van der Waals surface area contributed by atoms with Crippen LogP contribution in [0.1, 0.15) is 18.7 Å². The highest BCUT2D eigenvalue weighted by Gasteiger charge is 2.32. The molecule has 1 aromatic heterocycles. The summed E-state index contributed by atoms with van der Waals surface area (Å²) in [6.45, 7) is 4.94. The third-order valence-corrected chi connectivity index (χ3v) is 8.25. The molecule has 196 valence electrons. The van der Waals surface area contributed by atoms with Crippen molar-refractivity contribution in [1.82, 2.24) is 19.4 Å². The quantitative estimate of drug-likeness (QED) is 0.316. The molecule has 0 spiro atoms. The number of hydrogen-bond donors (Lipinski definition) is 0. The molecule has 3 heterocycles. The highest BCUT2D eigenvalue weighted by Crippen LogP contribution is 2.27. The lowest BCUT2D eigenvalue weighted by atomic mass is 9.96. The number of piperidine rings is 1. The van der Waals surface area contributed by atoms with Crippen molar-refractivity contribution in [3.05, 3.63) is 88.9 Å². The number of benzene rings is 3. The lowest BCUT2D eigenvalue weighted by Crippen LogP contribution is -2.52. The second-order valence-electron chi connectivity index (χ2n) is 10.2. The number of anilines is 1. The molecule has 1 amide bonds. The van der Waals surface area contributed by atoms with Crippen molar-refractivity contribution < 1.29 is 9.18 Å². The third-order valence-electron chi connectivity index (χ3n) is 7.72. The number of amides is 1. The summed E-state index contributed by atoms with van der Waals surface area (Å²) in [5.74, 6) is 0.989. The van der Waals surface area contributed by atoms with Gasteiger partial charge >= 0.3 is 0 Å². The zero-order valence-corrected chi connectivity index (χ0v) is 22.9. The number of aromatic nitrogens is 2. The van der Waals surface area contributed by atoms with Crippen LogP contribution in [-0.4, -0.2) is 64.5 Å². The molecule has 38 heavy (non-hydrogen) atoms. The first-order valence-corrected chi connectivity index (χ1v) is 14.1. The van der Waals surface area contributed by atoms with Gasteiger partial charge in [-0.2, -0.15) is 0 Å². The number of imidazole rings is 1. The first-order chi connectivity index (χ1) is 18.6. The highest BCUT2D eigenvalue weighted by atomic mass is 79.9. The fourth-order valence-corrected chi connectivity index (χ4v) is 6.06. The van der Waals surface area contributed by atoms with Gasteiger partial charge in [0.15, 0.2) is 0 Å². The Balaban J connectivity index is 1.14. The van der Waals surface area contributed by atoms with E-state index in [1.165, 1.54) is 6.07 Å². The van der Waals surface area contributed by atoms with Crippen molar-refractivity contribution in [2.75, 3.05) is 44.2 Å². The molecule has 8 heteroatoms. The average Bonchev–Trinajstić information content (AvgIpc) is 3.31. The van der Waals surface area contributed by atoms with Crippen LogP contribution in [0.2, 0.25) is 0 Å². The van der Waals surface area contributed by atoms with Crippen LogP contribution in [0, 0.1) is 11.7 Å². The summed E-state index contributed by atoms with van der Waals surface area (Å²) in [7, 11) is 0. The second kappa shape index (κ2) is 10.9. The molecular formula is C30H31BrFN5O. The van der Waals surface area contributed by atoms with Gasteiger partial charge < -0.3 is 9.80 Å². The van der Waals surface area contributed by atoms with Gasteiger partial charge in [0.1, 0.15) is 11.6 Å². The van der Waals surface area contributed by atoms with Gasteiger partial charge in [0.2, 0.25) is 5.91 Å². The van der Waals surface area contributed by atoms with Gasteiger partial charge in [0.05, 0.1) is 29.2 Å². The lowest BCUT2D eigenvalue weighted by molar-refractivity contribution is -0.137. The Labute approximate surface area is 230 Å². The van der Waals surface area contributed by atoms with E-state index in [1.54, 1.807) is 6.07 Å². The zero-order valence-electron chi connectivity index (χ0n) is 21.3. The van der Waals surface area contributed by atoms with E-state index in [4.69, 9.17) is 4.98 Å². The maximum absolute atomic E-state index is 14.2. The fourth-order valence-electron chi connectivity index (χ4n) is 5.80. The van der Waals surface area contributed by atoms with Crippen molar-refractivity contribution in [1.29, 1.82) is 0 Å². The van der Waals surface area contributed by atoms with E-state index in [0.29, 0.717) is 38.4 Å². The van der Waals surface area contributed by atoms with Crippen molar-refractivity contribution >= 4 is 38.6 Å². The Morgan fingerprint density at radius 2 is 1.66 bits per heavy atom. The van der Waals surface area contributed by atoms with Gasteiger partial charge in [-0.3, -0.25) is 14.3 Å². The molecule has 0 saturated carbocycles. The van der Waals surface area contributed by atoms with Crippen LogP contribution >= 0.6 is 15.9 Å². The van der Waals surface area contributed by atoms with Gasteiger partial charge in [0.25, 0.3) is 0 Å². The standard InChI is InChI=1S/C30H31BrFN5O/c31-23-11-13-24(14-12-23)37-28-10-4-2-8-26(28)33-29(37)21-34-15-5-6-22(20-34)30(38)36-18-16-35(17-19-36)27-9-3-1-7-25(27)32/h1-4,7-14,22H,5-6,15-21H2/t22-/m1/s1. The van der Waals surface area contributed by atoms with Crippen molar-refractivity contribution in [3.63, 3.8) is 0 Å². The van der Waals surface area contributed by atoms with Gasteiger partial charge in [-0.15, -0.1) is 0 Å². The molecular weight excluding hydrogens is 545 g/mol. The number of hydrogen-bond acceptors (Lipinski definition) is 4. The number of para-hydroxylation sites is 3. The smallest absolute Gasteiger partial charge is 0.227 e. The summed E-state index contributed by atoms with van der Waals surface area (Å²) < 4.78 is 17.5. The Morgan fingerprint density at radius 1 is 0.921 bits per heavy atom. The van der Waals surface area contributed by atoms with Crippen molar-refractivity contribution in [3.8, 4) is 5.69 Å². The van der Waals surface area contributed by atoms with Crippen LogP contribution < -0.4 is 4.90 Å². The molecule has 4 aromatic rings. The number of nitrogens with zero attached hydrogens (tertiary/aromatic N) is 5. The molecule has 6 rings (SSSR count). The molecule has 2 saturated heterocycles. The highest BCUT2D eigenvalue weighted by molar-refractivity contribution is 9.10. The Morgan fingerprint density at radius 3 is 2.45 bits per heavy atom. The molecule has 2 aliphatic rings. The van der Waals surface area contributed by atoms with Crippen LogP contribution in [0.25, 0.3) is 16.7 Å². The monoisotopic (exact) mass is 575 g/mol. The first-order valence-electron chi connectivity index (χ1n) is 13.3. The van der Waals surface area contributed by atoms with E-state index in [-0.39, 0.29) is 17.6 Å². The fraction of sp³-hybridized carbons (Fsp3) is 0.333. The van der Waals surface area contributed by atoms with Gasteiger partial charge in [-0.25, -0.2) is 9.37 Å². The van der Waals surface area contributed by atoms with Gasteiger partial charge in [-0.05, 0) is 67.9 Å². The third kappa shape index (κ3) is 5.07. The molecule has 0 unspecified atom stereocenters. The van der Waals surface area contributed by atoms with Crippen LogP contribution in [0.3, 0.4) is 0 Å². The number of fused-ring (bicyclic) bond motifs is 1. The maximum atomic E-state index is 14.2. The molecule has 3 aromatic carbocycles. The molecule has 6 nitrogen and oxygen atoms in total. The van der Waals surface area contributed by atoms with E-state index >= 15 is 0 Å². The minimum Gasteiger partial charge on any atom is -0.366 e. The van der Waals surface area contributed by atoms with E-state index in [0.717, 1.165) is 52.9 Å². The molecule has 0 aliphatic carbocycles. The number of piperazine rings is 1. The van der Waals surface area contributed by atoms with Crippen molar-refractivity contribution in [2.45, 2.75) is 19.4 Å². The normalized spacial score (nSPS) is 18.7. The topological polar surface area (TPSA) is 44.6 Å². The predicted molar refractivity (Wildman–Crippen MR) is 152 cm³/mol. The SMILES string of the molecule is O=C([C@@H]1CCCN(Cc2nc3ccccc3n2-c2ccc(Br)cc2)C1)N1CCN(c2ccccc2F)CC1. The molecule has 2 fully saturated rings. The second-order valence-corrected chi connectivity index (χ2v) is 11.1. The molecule has 0 radical (unpaired) electrons. The van der Waals surface area contributed by atoms with Crippen LogP contribution in [0.5, 0.6) is 0 Å². The van der Waals surface area contributed by atoms with Gasteiger partial charge in [0, 0.05) is 42.9 Å². The molecule has 2 aliphatic heterocycles. The predicted octanol–water partition coefficient (Wildman–Crippen LogP) is 5.49. The largest absolute Gasteiger partial charge is 0.366 e. The van der Waals surface area contributed by atoms with Crippen LogP contribution in [0.15, 0.2) is 77.3 Å². The summed E-state index contributed by atoms with van der Waals surface area (Å²) in [4.78, 5) is 24.9. The van der Waals surface area contributed by atoms with E-state index < -0.39 is 0 Å². The number of carbonyl (C=O) groups is 1. The number of halogens is 2. The maximum Gasteiger partial charge on any atom is 0.227 e. The van der Waals surface area contributed by atoms with Crippen LogP contribution in [-0.2, 0) is 11.3 Å². The minimum atomic E-state index is -0.204. The Bertz CT molecular complexity index is 1430. The number of carbonyl (C=O) groups excluding carboxylic acids is 1. The summed E-state index contributed by atoms with van der Waals surface area (Å²) in [6, 6.07) is 23.4. The van der Waals surface area contributed by atoms with E-state index in [1.807, 2.05) is 34.1 Å². The molecule has 0 N–H and O–H groups in total. The average molecular weight is 577 g/mol. The zero-order chi connectivity index (χ0) is 26.1. The first kappa shape index (κ1) is 25.1.